The lowest BCUT2D eigenvalue weighted by Gasteiger charge is -2.16. The number of halogens is 1. The van der Waals surface area contributed by atoms with Crippen LogP contribution in [0.3, 0.4) is 0 Å². The van der Waals surface area contributed by atoms with E-state index >= 15 is 0 Å². The maximum absolute atomic E-state index is 14.8. The Labute approximate surface area is 157 Å². The summed E-state index contributed by atoms with van der Waals surface area (Å²) in [5.74, 6) is -0.506. The van der Waals surface area contributed by atoms with Crippen LogP contribution in [0.15, 0.2) is 24.3 Å². The normalized spacial score (nSPS) is 13.9. The van der Waals surface area contributed by atoms with Crippen LogP contribution < -0.4 is 21.7 Å². The molecule has 0 aliphatic carbocycles. The van der Waals surface area contributed by atoms with Gasteiger partial charge in [0.2, 0.25) is 0 Å². The molecule has 1 aliphatic rings. The van der Waals surface area contributed by atoms with E-state index in [0.717, 1.165) is 11.3 Å². The predicted molar refractivity (Wildman–Crippen MR) is 103 cm³/mol. The zero-order chi connectivity index (χ0) is 19.4. The average molecular weight is 373 g/mol. The van der Waals surface area contributed by atoms with Crippen LogP contribution in [0.1, 0.15) is 28.4 Å². The number of carbonyl (C=O) groups excluding carboxylic acids is 1. The summed E-state index contributed by atoms with van der Waals surface area (Å²) < 4.78 is 20.1. The van der Waals surface area contributed by atoms with Crippen molar-refractivity contribution < 1.29 is 13.9 Å². The number of benzene rings is 1. The number of fused-ring (bicyclic) bond motifs is 1. The maximum atomic E-state index is 14.8. The first-order chi connectivity index (χ1) is 13.0. The summed E-state index contributed by atoms with van der Waals surface area (Å²) in [5.41, 5.74) is 8.31. The summed E-state index contributed by atoms with van der Waals surface area (Å²) >= 11 is 0. The highest BCUT2D eigenvalue weighted by molar-refractivity contribution is 6.03. The van der Waals surface area contributed by atoms with Gasteiger partial charge in [-0.1, -0.05) is 12.1 Å². The molecule has 1 aromatic heterocycles. The van der Waals surface area contributed by atoms with E-state index in [9.17, 15) is 9.18 Å². The molecule has 2 heterocycles. The van der Waals surface area contributed by atoms with Crippen molar-refractivity contribution in [1.29, 1.82) is 0 Å². The molecule has 8 heteroatoms. The van der Waals surface area contributed by atoms with Crippen molar-refractivity contribution in [3.63, 3.8) is 0 Å². The van der Waals surface area contributed by atoms with Gasteiger partial charge in [-0.3, -0.25) is 4.79 Å². The SMILES string of the molecule is CCOCC(N)CNc1nc(Nc2cccc(C)c2)c2c(c1F)CNC2=O. The minimum Gasteiger partial charge on any atom is -0.380 e. The molecule has 7 nitrogen and oxygen atoms in total. The van der Waals surface area contributed by atoms with Crippen LogP contribution in [0.4, 0.5) is 21.7 Å². The van der Waals surface area contributed by atoms with Crippen LogP contribution in [0.25, 0.3) is 0 Å². The number of pyridine rings is 1. The summed E-state index contributed by atoms with van der Waals surface area (Å²) in [5, 5.41) is 8.72. The van der Waals surface area contributed by atoms with E-state index in [1.165, 1.54) is 0 Å². The smallest absolute Gasteiger partial charge is 0.255 e. The number of anilines is 3. The van der Waals surface area contributed by atoms with Crippen LogP contribution >= 0.6 is 0 Å². The number of aryl methyl sites for hydroxylation is 1. The molecular formula is C19H24FN5O2. The fraction of sp³-hybridized carbons (Fsp3) is 0.368. The largest absolute Gasteiger partial charge is 0.380 e. The van der Waals surface area contributed by atoms with Gasteiger partial charge in [0.1, 0.15) is 5.82 Å². The van der Waals surface area contributed by atoms with E-state index in [1.54, 1.807) is 0 Å². The van der Waals surface area contributed by atoms with Gasteiger partial charge in [-0.2, -0.15) is 0 Å². The molecule has 27 heavy (non-hydrogen) atoms. The van der Waals surface area contributed by atoms with Gasteiger partial charge in [0.25, 0.3) is 5.91 Å². The zero-order valence-electron chi connectivity index (χ0n) is 15.4. The van der Waals surface area contributed by atoms with Crippen molar-refractivity contribution in [3.05, 3.63) is 46.8 Å². The third-order valence-electron chi connectivity index (χ3n) is 4.24. The van der Waals surface area contributed by atoms with E-state index in [0.29, 0.717) is 31.1 Å². The molecule has 1 atom stereocenters. The number of hydrogen-bond donors (Lipinski definition) is 4. The van der Waals surface area contributed by atoms with Gasteiger partial charge >= 0.3 is 0 Å². The van der Waals surface area contributed by atoms with E-state index < -0.39 is 5.82 Å². The van der Waals surface area contributed by atoms with Crippen LogP contribution in [0, 0.1) is 12.7 Å². The lowest BCUT2D eigenvalue weighted by Crippen LogP contribution is -2.34. The number of ether oxygens (including phenoxy) is 1. The lowest BCUT2D eigenvalue weighted by molar-refractivity contribution is 0.0966. The fourth-order valence-electron chi connectivity index (χ4n) is 2.90. The number of nitrogens with two attached hydrogens (primary N) is 1. The second-order valence-electron chi connectivity index (χ2n) is 6.45. The van der Waals surface area contributed by atoms with E-state index in [4.69, 9.17) is 10.5 Å². The molecule has 1 aliphatic heterocycles. The van der Waals surface area contributed by atoms with Crippen LogP contribution in [-0.2, 0) is 11.3 Å². The van der Waals surface area contributed by atoms with Crippen molar-refractivity contribution >= 4 is 23.2 Å². The predicted octanol–water partition coefficient (Wildman–Crippen LogP) is 2.29. The van der Waals surface area contributed by atoms with Crippen LogP contribution in [0.2, 0.25) is 0 Å². The number of nitrogens with one attached hydrogen (secondary N) is 3. The van der Waals surface area contributed by atoms with Gasteiger partial charge in [0, 0.05) is 37.0 Å². The molecule has 5 N–H and O–H groups in total. The van der Waals surface area contributed by atoms with Crippen molar-refractivity contribution in [3.8, 4) is 0 Å². The molecule has 2 aromatic rings. The van der Waals surface area contributed by atoms with Gasteiger partial charge < -0.3 is 26.4 Å². The number of rotatable bonds is 8. The average Bonchev–Trinajstić information content (AvgIpc) is 3.03. The quantitative estimate of drug-likeness (QED) is 0.566. The Bertz CT molecular complexity index is 843. The van der Waals surface area contributed by atoms with Crippen molar-refractivity contribution in [1.82, 2.24) is 10.3 Å². The van der Waals surface area contributed by atoms with E-state index in [1.807, 2.05) is 38.1 Å². The zero-order valence-corrected chi connectivity index (χ0v) is 15.4. The molecule has 1 amide bonds. The highest BCUT2D eigenvalue weighted by Gasteiger charge is 2.29. The molecule has 0 spiro atoms. The molecule has 1 aromatic carbocycles. The minimum atomic E-state index is -0.540. The fourth-order valence-corrected chi connectivity index (χ4v) is 2.90. The first-order valence-corrected chi connectivity index (χ1v) is 8.91. The lowest BCUT2D eigenvalue weighted by atomic mass is 10.1. The summed E-state index contributed by atoms with van der Waals surface area (Å²) in [7, 11) is 0. The summed E-state index contributed by atoms with van der Waals surface area (Å²) in [6.07, 6.45) is 0. The Morgan fingerprint density at radius 3 is 2.96 bits per heavy atom. The number of hydrogen-bond acceptors (Lipinski definition) is 6. The Kier molecular flexibility index (Phi) is 5.88. The first-order valence-electron chi connectivity index (χ1n) is 8.91. The molecule has 144 valence electrons. The third kappa shape index (κ3) is 4.35. The van der Waals surface area contributed by atoms with Gasteiger partial charge in [0.05, 0.1) is 12.2 Å². The maximum Gasteiger partial charge on any atom is 0.255 e. The molecular weight excluding hydrogens is 349 g/mol. The molecule has 0 saturated heterocycles. The van der Waals surface area contributed by atoms with Crippen molar-refractivity contribution in [2.24, 2.45) is 5.73 Å². The number of nitrogens with zero attached hydrogens (tertiary/aromatic N) is 1. The molecule has 0 fully saturated rings. The van der Waals surface area contributed by atoms with Crippen LogP contribution in [0.5, 0.6) is 0 Å². The Hall–Kier alpha value is -2.71. The van der Waals surface area contributed by atoms with Crippen LogP contribution in [-0.4, -0.2) is 36.7 Å². The van der Waals surface area contributed by atoms with E-state index in [-0.39, 0.29) is 29.9 Å². The Morgan fingerprint density at radius 2 is 2.22 bits per heavy atom. The third-order valence-corrected chi connectivity index (χ3v) is 4.24. The summed E-state index contributed by atoms with van der Waals surface area (Å²) in [6, 6.07) is 7.35. The Morgan fingerprint density at radius 1 is 1.41 bits per heavy atom. The highest BCUT2D eigenvalue weighted by Crippen LogP contribution is 2.31. The summed E-state index contributed by atoms with van der Waals surface area (Å²) in [6.45, 7) is 5.21. The van der Waals surface area contributed by atoms with Gasteiger partial charge in [-0.05, 0) is 31.5 Å². The summed E-state index contributed by atoms with van der Waals surface area (Å²) in [4.78, 5) is 16.5. The van der Waals surface area contributed by atoms with Crippen molar-refractivity contribution in [2.75, 3.05) is 30.4 Å². The molecule has 1 unspecified atom stereocenters. The van der Waals surface area contributed by atoms with Gasteiger partial charge in [0.15, 0.2) is 11.6 Å². The standard InChI is InChI=1S/C19H24FN5O2/c1-3-27-10-12(21)8-22-18-16(20)14-9-23-19(26)15(14)17(25-18)24-13-6-4-5-11(2)7-13/h4-7,12H,3,8-10,21H2,1-2H3,(H,23,26)(H2,22,24,25). The molecule has 0 radical (unpaired) electrons. The van der Waals surface area contributed by atoms with E-state index in [2.05, 4.69) is 20.9 Å². The first kappa shape index (κ1) is 19.1. The Balaban J connectivity index is 1.88. The minimum absolute atomic E-state index is 0.0624. The molecule has 3 rings (SSSR count). The topological polar surface area (TPSA) is 101 Å². The highest BCUT2D eigenvalue weighted by atomic mass is 19.1. The molecule has 0 saturated carbocycles. The number of carbonyl (C=O) groups is 1. The number of aromatic nitrogens is 1. The van der Waals surface area contributed by atoms with Gasteiger partial charge in [-0.15, -0.1) is 0 Å². The monoisotopic (exact) mass is 373 g/mol. The van der Waals surface area contributed by atoms with Gasteiger partial charge in [-0.25, -0.2) is 9.37 Å². The van der Waals surface area contributed by atoms with Crippen molar-refractivity contribution in [2.45, 2.75) is 26.4 Å². The second-order valence-corrected chi connectivity index (χ2v) is 6.45. The second kappa shape index (κ2) is 8.32. The molecule has 0 bridgehead atoms. The number of amides is 1.